The van der Waals surface area contributed by atoms with Crippen LogP contribution in [0.25, 0.3) is 0 Å². The molecular weight excluding hydrogens is 194 g/mol. The van der Waals surface area contributed by atoms with Crippen LogP contribution in [0.15, 0.2) is 0 Å². The fraction of sp³-hybridized carbons (Fsp3) is 0.933. The Balaban J connectivity index is 2.24. The van der Waals surface area contributed by atoms with Crippen molar-refractivity contribution < 1.29 is 0 Å². The Morgan fingerprint density at radius 3 is 2.31 bits per heavy atom. The van der Waals surface area contributed by atoms with E-state index in [0.717, 1.165) is 25.2 Å². The monoisotopic (exact) mass is 221 g/mol. The van der Waals surface area contributed by atoms with Gasteiger partial charge in [0.1, 0.15) is 0 Å². The molecule has 0 aromatic rings. The van der Waals surface area contributed by atoms with Crippen LogP contribution in [0.1, 0.15) is 78.1 Å². The highest BCUT2D eigenvalue weighted by Crippen LogP contribution is 2.42. The van der Waals surface area contributed by atoms with Gasteiger partial charge in [0, 0.05) is 0 Å². The predicted octanol–water partition coefficient (Wildman–Crippen LogP) is 5.07. The summed E-state index contributed by atoms with van der Waals surface area (Å²) in [4.78, 5) is 0. The Bertz CT molecular complexity index is 218. The number of unbranched alkanes of at least 4 members (excludes halogenated alkanes) is 4. The van der Waals surface area contributed by atoms with Crippen LogP contribution in [-0.4, -0.2) is 0 Å². The molecule has 1 rings (SSSR count). The molecule has 1 nitrogen and oxygen atoms in total. The van der Waals surface area contributed by atoms with Gasteiger partial charge < -0.3 is 0 Å². The zero-order valence-electron chi connectivity index (χ0n) is 11.1. The first-order chi connectivity index (χ1) is 7.72. The number of hydrogen-bond donors (Lipinski definition) is 0. The molecule has 0 aromatic carbocycles. The van der Waals surface area contributed by atoms with Gasteiger partial charge >= 0.3 is 0 Å². The van der Waals surface area contributed by atoms with E-state index in [0.29, 0.717) is 0 Å². The third-order valence-electron chi connectivity index (χ3n) is 4.23. The molecule has 1 aliphatic carbocycles. The Kier molecular flexibility index (Phi) is 5.88. The van der Waals surface area contributed by atoms with Gasteiger partial charge in [0.05, 0.1) is 11.5 Å². The summed E-state index contributed by atoms with van der Waals surface area (Å²) in [6.07, 6.45) is 12.6. The van der Waals surface area contributed by atoms with E-state index >= 15 is 0 Å². The van der Waals surface area contributed by atoms with Gasteiger partial charge in [0.2, 0.25) is 0 Å². The van der Waals surface area contributed by atoms with Gasteiger partial charge in [-0.15, -0.1) is 0 Å². The third kappa shape index (κ3) is 4.16. The number of hydrogen-bond acceptors (Lipinski definition) is 1. The standard InChI is InChI=1S/C15H27N/c1-3-4-5-6-7-10-15(13-16)11-8-14(2)9-12-15/h14H,3-12H2,1-2H3. The van der Waals surface area contributed by atoms with E-state index in [1.807, 2.05) is 0 Å². The summed E-state index contributed by atoms with van der Waals surface area (Å²) >= 11 is 0. The molecule has 1 saturated carbocycles. The summed E-state index contributed by atoms with van der Waals surface area (Å²) in [5.41, 5.74) is 0.0543. The highest BCUT2D eigenvalue weighted by Gasteiger charge is 2.33. The smallest absolute Gasteiger partial charge is 0.0689 e. The zero-order chi connectivity index (χ0) is 11.9. The van der Waals surface area contributed by atoms with Crippen LogP contribution in [0.4, 0.5) is 0 Å². The molecule has 0 unspecified atom stereocenters. The molecule has 0 saturated heterocycles. The molecular formula is C15H27N. The molecule has 16 heavy (non-hydrogen) atoms. The third-order valence-corrected chi connectivity index (χ3v) is 4.23. The van der Waals surface area contributed by atoms with Gasteiger partial charge in [-0.1, -0.05) is 46.0 Å². The fourth-order valence-corrected chi connectivity index (χ4v) is 2.80. The average Bonchev–Trinajstić information content (AvgIpc) is 2.32. The summed E-state index contributed by atoms with van der Waals surface area (Å²) in [6, 6.07) is 2.63. The van der Waals surface area contributed by atoms with Crippen molar-refractivity contribution in [2.24, 2.45) is 11.3 Å². The van der Waals surface area contributed by atoms with Crippen LogP contribution in [0, 0.1) is 22.7 Å². The molecule has 1 heteroatoms. The molecule has 92 valence electrons. The van der Waals surface area contributed by atoms with Crippen molar-refractivity contribution in [1.82, 2.24) is 0 Å². The van der Waals surface area contributed by atoms with Gasteiger partial charge in [-0.25, -0.2) is 0 Å². The maximum Gasteiger partial charge on any atom is 0.0689 e. The van der Waals surface area contributed by atoms with E-state index in [2.05, 4.69) is 19.9 Å². The van der Waals surface area contributed by atoms with Crippen LogP contribution in [0.2, 0.25) is 0 Å². The number of rotatable bonds is 6. The second kappa shape index (κ2) is 6.94. The normalized spacial score (nSPS) is 29.9. The van der Waals surface area contributed by atoms with Crippen LogP contribution < -0.4 is 0 Å². The first-order valence-corrected chi connectivity index (χ1v) is 7.14. The van der Waals surface area contributed by atoms with Crippen molar-refractivity contribution in [3.05, 3.63) is 0 Å². The molecule has 0 bridgehead atoms. The minimum atomic E-state index is 0.0543. The van der Waals surface area contributed by atoms with Crippen LogP contribution in [0.5, 0.6) is 0 Å². The summed E-state index contributed by atoms with van der Waals surface area (Å²) in [6.45, 7) is 4.57. The van der Waals surface area contributed by atoms with Crippen molar-refractivity contribution in [2.75, 3.05) is 0 Å². The minimum Gasteiger partial charge on any atom is -0.198 e. The molecule has 0 spiro atoms. The molecule has 0 aromatic heterocycles. The van der Waals surface area contributed by atoms with Gasteiger partial charge in [-0.05, 0) is 38.0 Å². The quantitative estimate of drug-likeness (QED) is 0.575. The summed E-state index contributed by atoms with van der Waals surface area (Å²) in [5, 5.41) is 9.38. The van der Waals surface area contributed by atoms with E-state index in [9.17, 15) is 5.26 Å². The lowest BCUT2D eigenvalue weighted by molar-refractivity contribution is 0.201. The van der Waals surface area contributed by atoms with Crippen LogP contribution in [0.3, 0.4) is 0 Å². The van der Waals surface area contributed by atoms with Crippen molar-refractivity contribution >= 4 is 0 Å². The molecule has 0 heterocycles. The maximum atomic E-state index is 9.38. The molecule has 0 radical (unpaired) electrons. The summed E-state index contributed by atoms with van der Waals surface area (Å²) < 4.78 is 0. The Hall–Kier alpha value is -0.510. The highest BCUT2D eigenvalue weighted by molar-refractivity contribution is 5.01. The summed E-state index contributed by atoms with van der Waals surface area (Å²) in [7, 11) is 0. The van der Waals surface area contributed by atoms with Gasteiger partial charge in [-0.2, -0.15) is 5.26 Å². The second-order valence-electron chi connectivity index (χ2n) is 5.74. The maximum absolute atomic E-state index is 9.38. The topological polar surface area (TPSA) is 23.8 Å². The lowest BCUT2D eigenvalue weighted by Gasteiger charge is -2.33. The lowest BCUT2D eigenvalue weighted by atomic mass is 9.69. The first-order valence-electron chi connectivity index (χ1n) is 7.14. The average molecular weight is 221 g/mol. The van der Waals surface area contributed by atoms with Crippen LogP contribution in [-0.2, 0) is 0 Å². The Morgan fingerprint density at radius 2 is 1.75 bits per heavy atom. The number of nitriles is 1. The van der Waals surface area contributed by atoms with E-state index in [1.54, 1.807) is 0 Å². The Labute approximate surface area is 101 Å². The van der Waals surface area contributed by atoms with Crippen molar-refractivity contribution in [1.29, 1.82) is 5.26 Å². The van der Waals surface area contributed by atoms with Crippen molar-refractivity contribution in [3.63, 3.8) is 0 Å². The zero-order valence-corrected chi connectivity index (χ0v) is 11.1. The van der Waals surface area contributed by atoms with E-state index in [4.69, 9.17) is 0 Å². The SMILES string of the molecule is CCCCCCCC1(C#N)CCC(C)CC1. The van der Waals surface area contributed by atoms with E-state index < -0.39 is 0 Å². The lowest BCUT2D eigenvalue weighted by Crippen LogP contribution is -2.25. The second-order valence-corrected chi connectivity index (χ2v) is 5.74. The van der Waals surface area contributed by atoms with Crippen molar-refractivity contribution in [3.8, 4) is 6.07 Å². The predicted molar refractivity (Wildman–Crippen MR) is 69.1 cm³/mol. The Morgan fingerprint density at radius 1 is 1.12 bits per heavy atom. The number of nitrogens with zero attached hydrogens (tertiary/aromatic N) is 1. The molecule has 0 atom stereocenters. The first kappa shape index (κ1) is 13.6. The molecule has 1 aliphatic rings. The largest absolute Gasteiger partial charge is 0.198 e. The van der Waals surface area contributed by atoms with Crippen molar-refractivity contribution in [2.45, 2.75) is 78.1 Å². The minimum absolute atomic E-state index is 0.0543. The highest BCUT2D eigenvalue weighted by atomic mass is 14.4. The molecule has 0 amide bonds. The van der Waals surface area contributed by atoms with E-state index in [1.165, 1.54) is 44.9 Å². The molecule has 0 N–H and O–H groups in total. The summed E-state index contributed by atoms with van der Waals surface area (Å²) in [5.74, 6) is 0.849. The van der Waals surface area contributed by atoms with E-state index in [-0.39, 0.29) is 5.41 Å². The van der Waals surface area contributed by atoms with Gasteiger partial charge in [-0.3, -0.25) is 0 Å². The molecule has 1 fully saturated rings. The fourth-order valence-electron chi connectivity index (χ4n) is 2.80. The molecule has 0 aliphatic heterocycles. The van der Waals surface area contributed by atoms with Gasteiger partial charge in [0.15, 0.2) is 0 Å². The van der Waals surface area contributed by atoms with Gasteiger partial charge in [0.25, 0.3) is 0 Å². The van der Waals surface area contributed by atoms with Crippen LogP contribution >= 0.6 is 0 Å².